The molecule has 1 fully saturated rings. The van der Waals surface area contributed by atoms with Crippen molar-refractivity contribution in [1.82, 2.24) is 15.5 Å². The van der Waals surface area contributed by atoms with Gasteiger partial charge in [-0.1, -0.05) is 48.5 Å². The van der Waals surface area contributed by atoms with E-state index in [9.17, 15) is 19.5 Å². The Bertz CT molecular complexity index is 983. The van der Waals surface area contributed by atoms with E-state index >= 15 is 0 Å². The van der Waals surface area contributed by atoms with Crippen LogP contribution in [0.25, 0.3) is 0 Å². The van der Waals surface area contributed by atoms with Crippen LogP contribution in [0.2, 0.25) is 0 Å². The van der Waals surface area contributed by atoms with Gasteiger partial charge in [0, 0.05) is 18.2 Å². The van der Waals surface area contributed by atoms with Crippen LogP contribution >= 0.6 is 0 Å². The first-order chi connectivity index (χ1) is 15.7. The molecule has 1 atom stereocenters. The maximum atomic E-state index is 13.3. The Labute approximate surface area is 193 Å². The minimum absolute atomic E-state index is 0.0732. The summed E-state index contributed by atoms with van der Waals surface area (Å²) in [5.74, 6) is -0.903. The molecule has 1 saturated carbocycles. The summed E-state index contributed by atoms with van der Waals surface area (Å²) in [5, 5.41) is 15.8. The largest absolute Gasteiger partial charge is 0.508 e. The van der Waals surface area contributed by atoms with Gasteiger partial charge in [-0.05, 0) is 45.2 Å². The fourth-order valence-electron chi connectivity index (χ4n) is 3.48. The molecule has 176 valence electrons. The average molecular weight is 454 g/mol. The second-order valence-electron chi connectivity index (χ2n) is 9.05. The topological polar surface area (TPSA) is 108 Å². The minimum atomic E-state index is -1.03. The molecule has 3 N–H and O–H groups in total. The van der Waals surface area contributed by atoms with Gasteiger partial charge in [0.2, 0.25) is 11.8 Å². The molecule has 3 amide bonds. The number of rotatable bonds is 8. The van der Waals surface area contributed by atoms with Crippen molar-refractivity contribution in [3.05, 3.63) is 65.7 Å². The number of carbonyl (C=O) groups is 3. The van der Waals surface area contributed by atoms with Crippen molar-refractivity contribution < 1.29 is 24.2 Å². The van der Waals surface area contributed by atoms with E-state index in [1.54, 1.807) is 39.0 Å². The lowest BCUT2D eigenvalue weighted by molar-refractivity contribution is -0.141. The van der Waals surface area contributed by atoms with Crippen LogP contribution in [0, 0.1) is 0 Å². The summed E-state index contributed by atoms with van der Waals surface area (Å²) in [5.41, 5.74) is 0.553. The van der Waals surface area contributed by atoms with Gasteiger partial charge in [0.05, 0.1) is 0 Å². The SMILES string of the molecule is CC(C)(C)OC(=O)NCC(=O)N(C1CC1)C(C(=O)NCc1ccccc1)c1ccccc1O. The first kappa shape index (κ1) is 24.1. The van der Waals surface area contributed by atoms with Gasteiger partial charge in [-0.3, -0.25) is 9.59 Å². The van der Waals surface area contributed by atoms with Crippen LogP contribution in [0.3, 0.4) is 0 Å². The predicted molar refractivity (Wildman–Crippen MR) is 123 cm³/mol. The predicted octanol–water partition coefficient (Wildman–Crippen LogP) is 3.27. The molecule has 2 aromatic carbocycles. The zero-order valence-corrected chi connectivity index (χ0v) is 19.2. The van der Waals surface area contributed by atoms with Crippen LogP contribution in [0.4, 0.5) is 4.79 Å². The minimum Gasteiger partial charge on any atom is -0.508 e. The van der Waals surface area contributed by atoms with Crippen LogP contribution in [-0.4, -0.2) is 46.1 Å². The number of amides is 3. The Morgan fingerprint density at radius 1 is 1.03 bits per heavy atom. The number of alkyl carbamates (subject to hydrolysis) is 1. The van der Waals surface area contributed by atoms with E-state index in [1.165, 1.54) is 11.0 Å². The summed E-state index contributed by atoms with van der Waals surface area (Å²) < 4.78 is 5.20. The number of phenols is 1. The summed E-state index contributed by atoms with van der Waals surface area (Å²) in [4.78, 5) is 40.0. The number of benzene rings is 2. The Kier molecular flexibility index (Phi) is 7.58. The highest BCUT2D eigenvalue weighted by Crippen LogP contribution is 2.37. The molecular weight excluding hydrogens is 422 g/mol. The van der Waals surface area contributed by atoms with Crippen molar-refractivity contribution in [2.75, 3.05) is 6.54 Å². The summed E-state index contributed by atoms with van der Waals surface area (Å²) in [7, 11) is 0. The van der Waals surface area contributed by atoms with Crippen molar-refractivity contribution in [1.29, 1.82) is 0 Å². The van der Waals surface area contributed by atoms with Gasteiger partial charge in [0.1, 0.15) is 23.9 Å². The van der Waals surface area contributed by atoms with Gasteiger partial charge in [-0.25, -0.2) is 4.79 Å². The Balaban J connectivity index is 1.80. The van der Waals surface area contributed by atoms with E-state index in [-0.39, 0.29) is 24.9 Å². The standard InChI is InChI=1S/C25H31N3O5/c1-25(2,3)33-24(32)27-16-21(30)28(18-13-14-18)22(19-11-7-8-12-20(19)29)23(31)26-15-17-9-5-4-6-10-17/h4-12,18,22,29H,13-16H2,1-3H3,(H,26,31)(H,27,32). The molecule has 0 radical (unpaired) electrons. The maximum Gasteiger partial charge on any atom is 0.408 e. The van der Waals surface area contributed by atoms with Crippen LogP contribution in [0.15, 0.2) is 54.6 Å². The smallest absolute Gasteiger partial charge is 0.408 e. The lowest BCUT2D eigenvalue weighted by atomic mass is 10.0. The quantitative estimate of drug-likeness (QED) is 0.569. The number of hydrogen-bond donors (Lipinski definition) is 3. The van der Waals surface area contributed by atoms with Crippen molar-refractivity contribution in [2.24, 2.45) is 0 Å². The summed E-state index contributed by atoms with van der Waals surface area (Å²) >= 11 is 0. The number of nitrogens with one attached hydrogen (secondary N) is 2. The monoisotopic (exact) mass is 453 g/mol. The van der Waals surface area contributed by atoms with E-state index in [1.807, 2.05) is 30.3 Å². The molecule has 0 heterocycles. The van der Waals surface area contributed by atoms with Gasteiger partial charge in [0.15, 0.2) is 0 Å². The second kappa shape index (κ2) is 10.4. The summed E-state index contributed by atoms with van der Waals surface area (Å²) in [6.45, 7) is 5.16. The number of ether oxygens (including phenoxy) is 1. The first-order valence-corrected chi connectivity index (χ1v) is 11.0. The Morgan fingerprint density at radius 2 is 1.67 bits per heavy atom. The first-order valence-electron chi connectivity index (χ1n) is 11.0. The molecule has 2 aromatic rings. The van der Waals surface area contributed by atoms with Crippen LogP contribution < -0.4 is 10.6 Å². The molecular formula is C25H31N3O5. The highest BCUT2D eigenvalue weighted by molar-refractivity contribution is 5.91. The zero-order valence-electron chi connectivity index (χ0n) is 19.2. The van der Waals surface area contributed by atoms with E-state index in [0.29, 0.717) is 5.56 Å². The molecule has 0 saturated heterocycles. The van der Waals surface area contributed by atoms with Crippen molar-refractivity contribution in [3.8, 4) is 5.75 Å². The third-order valence-electron chi connectivity index (χ3n) is 5.08. The lowest BCUT2D eigenvalue weighted by Gasteiger charge is -2.32. The molecule has 0 aliphatic heterocycles. The number of hydrogen-bond acceptors (Lipinski definition) is 5. The van der Waals surface area contributed by atoms with Crippen molar-refractivity contribution >= 4 is 17.9 Å². The number of carbonyl (C=O) groups excluding carboxylic acids is 3. The third-order valence-corrected chi connectivity index (χ3v) is 5.08. The van der Waals surface area contributed by atoms with E-state index in [0.717, 1.165) is 18.4 Å². The lowest BCUT2D eigenvalue weighted by Crippen LogP contribution is -2.48. The highest BCUT2D eigenvalue weighted by atomic mass is 16.6. The van der Waals surface area contributed by atoms with Crippen LogP contribution in [-0.2, 0) is 20.9 Å². The van der Waals surface area contributed by atoms with E-state index in [2.05, 4.69) is 10.6 Å². The number of aromatic hydroxyl groups is 1. The van der Waals surface area contributed by atoms with Crippen molar-refractivity contribution in [2.45, 2.75) is 57.8 Å². The van der Waals surface area contributed by atoms with Crippen molar-refractivity contribution in [3.63, 3.8) is 0 Å². The van der Waals surface area contributed by atoms with Gasteiger partial charge in [-0.15, -0.1) is 0 Å². The van der Waals surface area contributed by atoms with E-state index in [4.69, 9.17) is 4.74 Å². The number of phenolic OH excluding ortho intramolecular Hbond substituents is 1. The molecule has 33 heavy (non-hydrogen) atoms. The number of nitrogens with zero attached hydrogens (tertiary/aromatic N) is 1. The van der Waals surface area contributed by atoms with Gasteiger partial charge >= 0.3 is 6.09 Å². The van der Waals surface area contributed by atoms with E-state index < -0.39 is 29.6 Å². The molecule has 0 aromatic heterocycles. The molecule has 8 nitrogen and oxygen atoms in total. The molecule has 0 bridgehead atoms. The molecule has 0 spiro atoms. The zero-order chi connectivity index (χ0) is 24.0. The maximum absolute atomic E-state index is 13.3. The fraction of sp³-hybridized carbons (Fsp3) is 0.400. The van der Waals surface area contributed by atoms with Gasteiger partial charge in [0.25, 0.3) is 0 Å². The Morgan fingerprint density at radius 3 is 2.27 bits per heavy atom. The third kappa shape index (κ3) is 6.97. The van der Waals surface area contributed by atoms with Crippen LogP contribution in [0.1, 0.15) is 50.8 Å². The second-order valence-corrected chi connectivity index (χ2v) is 9.05. The highest BCUT2D eigenvalue weighted by Gasteiger charge is 2.42. The number of para-hydroxylation sites is 1. The van der Waals surface area contributed by atoms with Crippen LogP contribution in [0.5, 0.6) is 5.75 Å². The molecule has 1 aliphatic rings. The molecule has 1 aliphatic carbocycles. The molecule has 8 heteroatoms. The molecule has 3 rings (SSSR count). The normalized spacial score (nSPS) is 14.2. The van der Waals surface area contributed by atoms with Gasteiger partial charge < -0.3 is 25.4 Å². The average Bonchev–Trinajstić information content (AvgIpc) is 3.59. The summed E-state index contributed by atoms with van der Waals surface area (Å²) in [6, 6.07) is 14.7. The summed E-state index contributed by atoms with van der Waals surface area (Å²) in [6.07, 6.45) is 0.780. The molecule has 1 unspecified atom stereocenters. The van der Waals surface area contributed by atoms with Gasteiger partial charge in [-0.2, -0.15) is 0 Å². The Hall–Kier alpha value is -3.55. The fourth-order valence-corrected chi connectivity index (χ4v) is 3.48.